The second kappa shape index (κ2) is 10.9. The number of nitrogens with one attached hydrogen (secondary N) is 1. The molecule has 31 heavy (non-hydrogen) atoms. The summed E-state index contributed by atoms with van der Waals surface area (Å²) in [5.74, 6) is 1.36. The highest BCUT2D eigenvalue weighted by atomic mass is 16.5. The molecule has 0 saturated carbocycles. The second-order valence-electron chi connectivity index (χ2n) is 7.79. The summed E-state index contributed by atoms with van der Waals surface area (Å²) in [6.45, 7) is 4.25. The fourth-order valence-corrected chi connectivity index (χ4v) is 3.97. The molecule has 1 aliphatic rings. The summed E-state index contributed by atoms with van der Waals surface area (Å²) in [5.41, 5.74) is 2.75. The van der Waals surface area contributed by atoms with Crippen LogP contribution in [0.1, 0.15) is 35.7 Å². The lowest BCUT2D eigenvalue weighted by Gasteiger charge is -2.27. The first-order chi connectivity index (χ1) is 15.0. The van der Waals surface area contributed by atoms with Crippen LogP contribution in [0.2, 0.25) is 0 Å². The van der Waals surface area contributed by atoms with E-state index in [-0.39, 0.29) is 5.91 Å². The zero-order valence-corrected chi connectivity index (χ0v) is 18.8. The first-order valence-electron chi connectivity index (χ1n) is 10.6. The fourth-order valence-electron chi connectivity index (χ4n) is 3.97. The third kappa shape index (κ3) is 5.79. The van der Waals surface area contributed by atoms with Gasteiger partial charge in [0.25, 0.3) is 5.91 Å². The van der Waals surface area contributed by atoms with E-state index in [4.69, 9.17) is 14.2 Å². The van der Waals surface area contributed by atoms with E-state index in [1.807, 2.05) is 23.1 Å². The van der Waals surface area contributed by atoms with Crippen molar-refractivity contribution in [2.24, 2.45) is 0 Å². The Labute approximate surface area is 184 Å². The van der Waals surface area contributed by atoms with Crippen LogP contribution in [0, 0.1) is 0 Å². The van der Waals surface area contributed by atoms with Gasteiger partial charge in [-0.25, -0.2) is 0 Å². The molecule has 0 bridgehead atoms. The van der Waals surface area contributed by atoms with Crippen molar-refractivity contribution in [1.82, 2.24) is 10.2 Å². The van der Waals surface area contributed by atoms with E-state index in [0.717, 1.165) is 30.5 Å². The Bertz CT molecular complexity index is 880. The van der Waals surface area contributed by atoms with Gasteiger partial charge >= 0.3 is 0 Å². The van der Waals surface area contributed by atoms with E-state index in [1.54, 1.807) is 33.5 Å². The van der Waals surface area contributed by atoms with Crippen molar-refractivity contribution in [2.75, 3.05) is 41.0 Å². The third-order valence-corrected chi connectivity index (χ3v) is 5.45. The molecule has 0 aliphatic carbocycles. The minimum atomic E-state index is -0.0613. The lowest BCUT2D eigenvalue weighted by atomic mass is 10.1. The van der Waals surface area contributed by atoms with Crippen LogP contribution in [0.3, 0.4) is 0 Å². The second-order valence-corrected chi connectivity index (χ2v) is 7.79. The number of benzene rings is 2. The molecule has 166 valence electrons. The number of nitrogens with zero attached hydrogens (tertiary/aromatic N) is 1. The van der Waals surface area contributed by atoms with Crippen LogP contribution in [0.4, 0.5) is 0 Å². The molecule has 1 atom stereocenters. The van der Waals surface area contributed by atoms with E-state index in [2.05, 4.69) is 30.4 Å². The van der Waals surface area contributed by atoms with Crippen LogP contribution in [0.5, 0.6) is 17.2 Å². The van der Waals surface area contributed by atoms with Crippen molar-refractivity contribution in [2.45, 2.75) is 25.8 Å². The number of hydrogen-bond donors (Lipinski definition) is 1. The summed E-state index contributed by atoms with van der Waals surface area (Å²) < 4.78 is 16.3. The van der Waals surface area contributed by atoms with E-state index < -0.39 is 0 Å². The Morgan fingerprint density at radius 1 is 1.10 bits per heavy atom. The van der Waals surface area contributed by atoms with Gasteiger partial charge in [-0.05, 0) is 44.0 Å². The summed E-state index contributed by atoms with van der Waals surface area (Å²) in [4.78, 5) is 15.5. The number of ether oxygens (including phenoxy) is 3. The molecule has 0 aromatic heterocycles. The average Bonchev–Trinajstić information content (AvgIpc) is 3.30. The highest BCUT2D eigenvalue weighted by Gasteiger charge is 2.25. The summed E-state index contributed by atoms with van der Waals surface area (Å²) in [6, 6.07) is 13.9. The molecule has 1 aliphatic heterocycles. The minimum Gasteiger partial charge on any atom is -0.493 e. The molecule has 1 saturated heterocycles. The number of rotatable bonds is 9. The highest BCUT2D eigenvalue weighted by molar-refractivity contribution is 5.96. The maximum Gasteiger partial charge on any atom is 0.254 e. The molecule has 1 unspecified atom stereocenters. The molecule has 2 aromatic carbocycles. The van der Waals surface area contributed by atoms with Gasteiger partial charge in [0.2, 0.25) is 5.75 Å². The maximum absolute atomic E-state index is 13.6. The van der Waals surface area contributed by atoms with Crippen LogP contribution >= 0.6 is 0 Å². The Balaban J connectivity index is 1.89. The SMILES string of the molecule is COc1cc(C(=O)N(CC(C)=Cc2ccccc2)CC2CCCN2)cc(OC)c1OC. The fraction of sp³-hybridized carbons (Fsp3) is 0.400. The molecule has 1 amide bonds. The maximum atomic E-state index is 13.6. The largest absolute Gasteiger partial charge is 0.493 e. The molecule has 0 spiro atoms. The zero-order valence-electron chi connectivity index (χ0n) is 18.8. The standard InChI is InChI=1S/C25H32N2O4/c1-18(13-19-9-6-5-7-10-19)16-27(17-21-11-8-12-26-21)25(28)20-14-22(29-2)24(31-4)23(15-20)30-3/h5-7,9-10,13-15,21,26H,8,11-12,16-17H2,1-4H3. The highest BCUT2D eigenvalue weighted by Crippen LogP contribution is 2.38. The summed E-state index contributed by atoms with van der Waals surface area (Å²) in [6.07, 6.45) is 4.33. The van der Waals surface area contributed by atoms with E-state index in [0.29, 0.717) is 41.9 Å². The molecule has 1 heterocycles. The molecule has 6 nitrogen and oxygen atoms in total. The minimum absolute atomic E-state index is 0.0613. The number of amides is 1. The van der Waals surface area contributed by atoms with Gasteiger partial charge in [0, 0.05) is 24.7 Å². The van der Waals surface area contributed by atoms with Gasteiger partial charge in [-0.1, -0.05) is 42.0 Å². The topological polar surface area (TPSA) is 60.0 Å². The van der Waals surface area contributed by atoms with Crippen molar-refractivity contribution in [3.8, 4) is 17.2 Å². The first kappa shape index (κ1) is 22.7. The lowest BCUT2D eigenvalue weighted by Crippen LogP contribution is -2.42. The molecule has 3 rings (SSSR count). The third-order valence-electron chi connectivity index (χ3n) is 5.45. The normalized spacial score (nSPS) is 16.1. The van der Waals surface area contributed by atoms with Crippen molar-refractivity contribution >= 4 is 12.0 Å². The molecule has 1 N–H and O–H groups in total. The average molecular weight is 425 g/mol. The van der Waals surface area contributed by atoms with Crippen LogP contribution in [0.15, 0.2) is 48.0 Å². The Kier molecular flexibility index (Phi) is 7.95. The van der Waals surface area contributed by atoms with E-state index >= 15 is 0 Å². The Hall–Kier alpha value is -2.99. The monoisotopic (exact) mass is 424 g/mol. The van der Waals surface area contributed by atoms with Crippen LogP contribution in [-0.4, -0.2) is 57.8 Å². The van der Waals surface area contributed by atoms with Gasteiger partial charge in [-0.3, -0.25) is 4.79 Å². The van der Waals surface area contributed by atoms with Crippen LogP contribution in [-0.2, 0) is 0 Å². The van der Waals surface area contributed by atoms with Gasteiger partial charge in [-0.15, -0.1) is 0 Å². The Morgan fingerprint density at radius 2 is 1.77 bits per heavy atom. The zero-order chi connectivity index (χ0) is 22.2. The first-order valence-corrected chi connectivity index (χ1v) is 10.6. The summed E-state index contributed by atoms with van der Waals surface area (Å²) in [5, 5.41) is 3.50. The van der Waals surface area contributed by atoms with Gasteiger partial charge in [0.1, 0.15) is 0 Å². The number of hydrogen-bond acceptors (Lipinski definition) is 5. The smallest absolute Gasteiger partial charge is 0.254 e. The molecular weight excluding hydrogens is 392 g/mol. The van der Waals surface area contributed by atoms with Crippen molar-refractivity contribution in [3.05, 3.63) is 59.2 Å². The molecule has 1 fully saturated rings. The molecular formula is C25H32N2O4. The summed E-state index contributed by atoms with van der Waals surface area (Å²) in [7, 11) is 4.66. The van der Waals surface area contributed by atoms with Crippen LogP contribution < -0.4 is 19.5 Å². The summed E-state index contributed by atoms with van der Waals surface area (Å²) >= 11 is 0. The quantitative estimate of drug-likeness (QED) is 0.659. The van der Waals surface area contributed by atoms with Crippen molar-refractivity contribution < 1.29 is 19.0 Å². The van der Waals surface area contributed by atoms with Crippen LogP contribution in [0.25, 0.3) is 6.08 Å². The molecule has 2 aromatic rings. The predicted octanol–water partition coefficient (Wildman–Crippen LogP) is 4.01. The van der Waals surface area contributed by atoms with Gasteiger partial charge in [0.15, 0.2) is 11.5 Å². The molecule has 6 heteroatoms. The lowest BCUT2D eigenvalue weighted by molar-refractivity contribution is 0.0756. The van der Waals surface area contributed by atoms with E-state index in [1.165, 1.54) is 0 Å². The number of methoxy groups -OCH3 is 3. The van der Waals surface area contributed by atoms with Gasteiger partial charge < -0.3 is 24.4 Å². The number of carbonyl (C=O) groups is 1. The van der Waals surface area contributed by atoms with Crippen molar-refractivity contribution in [3.63, 3.8) is 0 Å². The number of carbonyl (C=O) groups excluding carboxylic acids is 1. The van der Waals surface area contributed by atoms with Gasteiger partial charge in [0.05, 0.1) is 21.3 Å². The Morgan fingerprint density at radius 3 is 2.32 bits per heavy atom. The van der Waals surface area contributed by atoms with E-state index in [9.17, 15) is 4.79 Å². The predicted molar refractivity (Wildman–Crippen MR) is 123 cm³/mol. The molecule has 0 radical (unpaired) electrons. The van der Waals surface area contributed by atoms with Gasteiger partial charge in [-0.2, -0.15) is 0 Å². The van der Waals surface area contributed by atoms with Crippen molar-refractivity contribution in [1.29, 1.82) is 0 Å².